The Labute approximate surface area is 135 Å². The lowest BCUT2D eigenvalue weighted by Crippen LogP contribution is -2.17. The van der Waals surface area contributed by atoms with Crippen LogP contribution in [0.2, 0.25) is 0 Å². The van der Waals surface area contributed by atoms with Crippen LogP contribution >= 0.6 is 0 Å². The van der Waals surface area contributed by atoms with Crippen molar-refractivity contribution in [2.75, 3.05) is 0 Å². The highest BCUT2D eigenvalue weighted by atomic mass is 19.4. The van der Waals surface area contributed by atoms with Gasteiger partial charge in [-0.3, -0.25) is 0 Å². The minimum Gasteiger partial charge on any atom is -0.476 e. The van der Waals surface area contributed by atoms with E-state index in [0.29, 0.717) is 18.5 Å². The van der Waals surface area contributed by atoms with Gasteiger partial charge in [0.15, 0.2) is 5.69 Å². The molecule has 1 aromatic carbocycles. The lowest BCUT2D eigenvalue weighted by molar-refractivity contribution is -0.274. The maximum absolute atomic E-state index is 12.2. The van der Waals surface area contributed by atoms with Crippen molar-refractivity contribution in [2.45, 2.75) is 38.5 Å². The molecule has 0 atom stereocenters. The van der Waals surface area contributed by atoms with E-state index in [2.05, 4.69) is 9.84 Å². The third-order valence-corrected chi connectivity index (χ3v) is 3.95. The van der Waals surface area contributed by atoms with Crippen molar-refractivity contribution in [1.29, 1.82) is 0 Å². The van der Waals surface area contributed by atoms with Crippen LogP contribution in [-0.2, 0) is 12.8 Å². The molecular weight excluding hydrogens is 325 g/mol. The molecule has 0 fully saturated rings. The van der Waals surface area contributed by atoms with Crippen LogP contribution in [0.3, 0.4) is 0 Å². The molecule has 0 saturated heterocycles. The molecule has 1 aromatic heterocycles. The van der Waals surface area contributed by atoms with Crippen LogP contribution in [0.5, 0.6) is 5.75 Å². The molecule has 0 saturated carbocycles. The van der Waals surface area contributed by atoms with Gasteiger partial charge in [0.25, 0.3) is 0 Å². The van der Waals surface area contributed by atoms with Crippen LogP contribution in [0.25, 0.3) is 5.69 Å². The van der Waals surface area contributed by atoms with Crippen LogP contribution in [0.1, 0.15) is 41.0 Å². The monoisotopic (exact) mass is 340 g/mol. The Morgan fingerprint density at radius 1 is 1.12 bits per heavy atom. The molecule has 24 heavy (non-hydrogen) atoms. The number of rotatable bonds is 3. The van der Waals surface area contributed by atoms with Gasteiger partial charge >= 0.3 is 12.3 Å². The molecule has 0 spiro atoms. The Balaban J connectivity index is 1.98. The molecule has 0 radical (unpaired) electrons. The summed E-state index contributed by atoms with van der Waals surface area (Å²) in [6.45, 7) is 0. The molecule has 128 valence electrons. The fourth-order valence-corrected chi connectivity index (χ4v) is 2.95. The lowest BCUT2D eigenvalue weighted by Gasteiger charge is -2.11. The number of hydrogen-bond donors (Lipinski definition) is 1. The molecule has 1 heterocycles. The van der Waals surface area contributed by atoms with Gasteiger partial charge in [-0.25, -0.2) is 9.48 Å². The highest BCUT2D eigenvalue weighted by molar-refractivity contribution is 5.87. The summed E-state index contributed by atoms with van der Waals surface area (Å²) >= 11 is 0. The van der Waals surface area contributed by atoms with Gasteiger partial charge < -0.3 is 9.84 Å². The summed E-state index contributed by atoms with van der Waals surface area (Å²) in [7, 11) is 0. The SMILES string of the molecule is O=C(O)c1nn(-c2ccc(OC(F)(F)F)cc2)c2c1CCCCC2. The summed E-state index contributed by atoms with van der Waals surface area (Å²) in [4.78, 5) is 11.4. The van der Waals surface area contributed by atoms with E-state index in [4.69, 9.17) is 0 Å². The fraction of sp³-hybridized carbons (Fsp3) is 0.375. The van der Waals surface area contributed by atoms with Crippen molar-refractivity contribution in [2.24, 2.45) is 0 Å². The molecule has 0 aliphatic heterocycles. The van der Waals surface area contributed by atoms with E-state index in [9.17, 15) is 23.1 Å². The van der Waals surface area contributed by atoms with Gasteiger partial charge in [0, 0.05) is 11.3 Å². The average Bonchev–Trinajstić information content (AvgIpc) is 2.69. The Hall–Kier alpha value is -2.51. The number of benzene rings is 1. The summed E-state index contributed by atoms with van der Waals surface area (Å²) in [6.07, 6.45) is -0.583. The number of ether oxygens (including phenoxy) is 1. The molecule has 3 rings (SSSR count). The zero-order valence-corrected chi connectivity index (χ0v) is 12.6. The molecule has 0 unspecified atom stereocenters. The summed E-state index contributed by atoms with van der Waals surface area (Å²) < 4.78 is 42.0. The van der Waals surface area contributed by atoms with E-state index in [-0.39, 0.29) is 11.4 Å². The largest absolute Gasteiger partial charge is 0.573 e. The molecule has 1 aliphatic rings. The van der Waals surface area contributed by atoms with Crippen molar-refractivity contribution >= 4 is 5.97 Å². The number of carboxylic acids is 1. The van der Waals surface area contributed by atoms with E-state index in [1.165, 1.54) is 28.9 Å². The smallest absolute Gasteiger partial charge is 0.476 e. The number of hydrogen-bond acceptors (Lipinski definition) is 3. The van der Waals surface area contributed by atoms with Crippen molar-refractivity contribution in [1.82, 2.24) is 9.78 Å². The second-order valence-corrected chi connectivity index (χ2v) is 5.59. The first-order valence-electron chi connectivity index (χ1n) is 7.55. The number of carboxylic acid groups (broad SMARTS) is 1. The molecule has 5 nitrogen and oxygen atoms in total. The Morgan fingerprint density at radius 2 is 1.79 bits per heavy atom. The number of aromatic nitrogens is 2. The van der Waals surface area contributed by atoms with Crippen molar-refractivity contribution in [3.05, 3.63) is 41.2 Å². The number of aromatic carboxylic acids is 1. The highest BCUT2D eigenvalue weighted by Crippen LogP contribution is 2.28. The zero-order valence-electron chi connectivity index (χ0n) is 12.6. The summed E-state index contributed by atoms with van der Waals surface area (Å²) in [5.41, 5.74) is 2.06. The number of nitrogens with zero attached hydrogens (tertiary/aromatic N) is 2. The van der Waals surface area contributed by atoms with Crippen LogP contribution in [0.4, 0.5) is 13.2 Å². The summed E-state index contributed by atoms with van der Waals surface area (Å²) in [5, 5.41) is 13.5. The molecule has 0 bridgehead atoms. The van der Waals surface area contributed by atoms with E-state index in [1.807, 2.05) is 0 Å². The first-order valence-corrected chi connectivity index (χ1v) is 7.55. The maximum atomic E-state index is 12.2. The van der Waals surface area contributed by atoms with Crippen molar-refractivity contribution < 1.29 is 27.8 Å². The fourth-order valence-electron chi connectivity index (χ4n) is 2.95. The third-order valence-electron chi connectivity index (χ3n) is 3.95. The van der Waals surface area contributed by atoms with Gasteiger partial charge in [0.1, 0.15) is 5.75 Å². The predicted octanol–water partition coefficient (Wildman–Crippen LogP) is 3.74. The summed E-state index contributed by atoms with van der Waals surface area (Å²) in [6, 6.07) is 5.25. The topological polar surface area (TPSA) is 64.3 Å². The molecule has 1 aliphatic carbocycles. The minimum atomic E-state index is -4.75. The second kappa shape index (κ2) is 6.18. The number of fused-ring (bicyclic) bond motifs is 1. The van der Waals surface area contributed by atoms with Crippen LogP contribution < -0.4 is 4.74 Å². The maximum Gasteiger partial charge on any atom is 0.573 e. The number of halogens is 3. The van der Waals surface area contributed by atoms with Gasteiger partial charge in [-0.15, -0.1) is 13.2 Å². The van der Waals surface area contributed by atoms with Gasteiger partial charge in [-0.1, -0.05) is 6.42 Å². The zero-order chi connectivity index (χ0) is 17.3. The number of alkyl halides is 3. The molecule has 1 N–H and O–H groups in total. The van der Waals surface area contributed by atoms with Crippen molar-refractivity contribution in [3.63, 3.8) is 0 Å². The third kappa shape index (κ3) is 3.37. The normalized spacial score (nSPS) is 14.8. The van der Waals surface area contributed by atoms with E-state index in [1.54, 1.807) is 0 Å². The van der Waals surface area contributed by atoms with Crippen LogP contribution in [0, 0.1) is 0 Å². The minimum absolute atomic E-state index is 0.0162. The molecule has 2 aromatic rings. The lowest BCUT2D eigenvalue weighted by atomic mass is 10.1. The van der Waals surface area contributed by atoms with Crippen LogP contribution in [0.15, 0.2) is 24.3 Å². The Bertz CT molecular complexity index is 751. The standard InChI is InChI=1S/C16H15F3N2O3/c17-16(18,19)24-11-8-6-10(7-9-11)21-13-5-3-1-2-4-12(13)14(20-21)15(22)23/h6-9H,1-5H2,(H,22,23). The molecular formula is C16H15F3N2O3. The van der Waals surface area contributed by atoms with Gasteiger partial charge in [-0.05, 0) is 49.9 Å². The first-order chi connectivity index (χ1) is 11.3. The van der Waals surface area contributed by atoms with Gasteiger partial charge in [0.05, 0.1) is 5.69 Å². The predicted molar refractivity (Wildman–Crippen MR) is 78.5 cm³/mol. The van der Waals surface area contributed by atoms with Crippen molar-refractivity contribution in [3.8, 4) is 11.4 Å². The Kier molecular flexibility index (Phi) is 4.21. The van der Waals surface area contributed by atoms with Gasteiger partial charge in [0.2, 0.25) is 0 Å². The van der Waals surface area contributed by atoms with E-state index in [0.717, 1.165) is 30.5 Å². The van der Waals surface area contributed by atoms with E-state index < -0.39 is 12.3 Å². The van der Waals surface area contributed by atoms with Crippen LogP contribution in [-0.4, -0.2) is 27.2 Å². The molecule has 8 heteroatoms. The average molecular weight is 340 g/mol. The number of carbonyl (C=O) groups is 1. The Morgan fingerprint density at radius 3 is 2.42 bits per heavy atom. The second-order valence-electron chi connectivity index (χ2n) is 5.59. The highest BCUT2D eigenvalue weighted by Gasteiger charge is 2.31. The summed E-state index contributed by atoms with van der Waals surface area (Å²) in [5.74, 6) is -1.42. The first kappa shape index (κ1) is 16.4. The quantitative estimate of drug-likeness (QED) is 0.865. The van der Waals surface area contributed by atoms with Gasteiger partial charge in [-0.2, -0.15) is 5.10 Å². The van der Waals surface area contributed by atoms with E-state index >= 15 is 0 Å². The molecule has 0 amide bonds.